The highest BCUT2D eigenvalue weighted by molar-refractivity contribution is 6.05. The number of fused-ring (bicyclic) bond motifs is 2. The van der Waals surface area contributed by atoms with Crippen molar-refractivity contribution in [2.45, 2.75) is 50.4 Å². The van der Waals surface area contributed by atoms with Gasteiger partial charge >= 0.3 is 12.2 Å². The summed E-state index contributed by atoms with van der Waals surface area (Å²) in [4.78, 5) is 28.8. The zero-order chi connectivity index (χ0) is 26.4. The van der Waals surface area contributed by atoms with Gasteiger partial charge in [0, 0.05) is 50.5 Å². The van der Waals surface area contributed by atoms with Crippen LogP contribution in [0.15, 0.2) is 42.5 Å². The van der Waals surface area contributed by atoms with Crippen molar-refractivity contribution in [3.63, 3.8) is 0 Å². The molecule has 0 aromatic heterocycles. The molecule has 2 N–H and O–H groups in total. The van der Waals surface area contributed by atoms with Crippen molar-refractivity contribution < 1.29 is 32.6 Å². The van der Waals surface area contributed by atoms with Crippen molar-refractivity contribution in [2.75, 3.05) is 30.4 Å². The number of amides is 3. The monoisotopic (exact) mass is 515 g/mol. The van der Waals surface area contributed by atoms with Crippen LogP contribution in [-0.2, 0) is 17.5 Å². The summed E-state index contributed by atoms with van der Waals surface area (Å²) in [5.74, 6) is -0.258. The van der Waals surface area contributed by atoms with Gasteiger partial charge in [0.05, 0.1) is 11.3 Å². The number of carbonyl (C=O) groups excluding carboxylic acids is 2. The summed E-state index contributed by atoms with van der Waals surface area (Å²) >= 11 is 0. The topological polar surface area (TPSA) is 82.1 Å². The van der Waals surface area contributed by atoms with E-state index in [2.05, 4.69) is 5.32 Å². The smallest absolute Gasteiger partial charge is 0.416 e. The highest BCUT2D eigenvalue weighted by Crippen LogP contribution is 2.50. The second kappa shape index (κ2) is 9.41. The second-order valence-corrected chi connectivity index (χ2v) is 9.87. The van der Waals surface area contributed by atoms with Crippen molar-refractivity contribution in [1.82, 2.24) is 4.90 Å². The fraction of sp³-hybridized carbons (Fsp3) is 0.407. The first kappa shape index (κ1) is 25.1. The van der Waals surface area contributed by atoms with Crippen LogP contribution in [0.25, 0.3) is 5.57 Å². The average molecular weight is 516 g/mol. The molecule has 1 fully saturated rings. The van der Waals surface area contributed by atoms with Gasteiger partial charge in [0.1, 0.15) is 11.4 Å². The zero-order valence-corrected chi connectivity index (χ0v) is 20.4. The van der Waals surface area contributed by atoms with Crippen LogP contribution in [0.4, 0.5) is 29.3 Å². The summed E-state index contributed by atoms with van der Waals surface area (Å²) in [7, 11) is 1.66. The van der Waals surface area contributed by atoms with Gasteiger partial charge in [-0.25, -0.2) is 4.79 Å². The SMILES string of the molecule is CN1C(=O)N(CCCO)Cc2ccc(NC(=O)/C=C3\CC4(CCC4)Oc4cc(C(F)(F)F)ccc43)cc21. The minimum Gasteiger partial charge on any atom is -0.486 e. The number of nitrogens with one attached hydrogen (secondary N) is 1. The van der Waals surface area contributed by atoms with Gasteiger partial charge in [0.2, 0.25) is 5.91 Å². The Bertz CT molecular complexity index is 1270. The number of aliphatic hydroxyl groups excluding tert-OH is 1. The Morgan fingerprint density at radius 1 is 1.22 bits per heavy atom. The molecule has 2 aromatic carbocycles. The first-order valence-electron chi connectivity index (χ1n) is 12.3. The van der Waals surface area contributed by atoms with Crippen molar-refractivity contribution in [1.29, 1.82) is 0 Å². The number of ether oxygens (including phenoxy) is 1. The number of nitrogens with zero attached hydrogens (tertiary/aromatic N) is 2. The quantitative estimate of drug-likeness (QED) is 0.538. The maximum absolute atomic E-state index is 13.3. The predicted octanol–water partition coefficient (Wildman–Crippen LogP) is 5.19. The van der Waals surface area contributed by atoms with E-state index in [0.717, 1.165) is 37.0 Å². The van der Waals surface area contributed by atoms with E-state index >= 15 is 0 Å². The normalized spacial score (nSPS) is 19.3. The molecule has 0 radical (unpaired) electrons. The third-order valence-corrected chi connectivity index (χ3v) is 7.28. The number of anilines is 2. The molecular weight excluding hydrogens is 487 g/mol. The van der Waals surface area contributed by atoms with E-state index < -0.39 is 23.2 Å². The molecule has 3 aliphatic rings. The third kappa shape index (κ3) is 4.90. The molecule has 3 amide bonds. The summed E-state index contributed by atoms with van der Waals surface area (Å²) in [6.07, 6.45) is 0.256. The van der Waals surface area contributed by atoms with Crippen molar-refractivity contribution in [3.8, 4) is 5.75 Å². The number of carbonyl (C=O) groups is 2. The molecule has 0 bridgehead atoms. The molecule has 1 saturated carbocycles. The van der Waals surface area contributed by atoms with E-state index in [1.807, 2.05) is 6.07 Å². The zero-order valence-electron chi connectivity index (χ0n) is 20.4. The number of urea groups is 1. The van der Waals surface area contributed by atoms with Crippen molar-refractivity contribution >= 4 is 28.9 Å². The van der Waals surface area contributed by atoms with Crippen LogP contribution in [0.1, 0.15) is 48.8 Å². The van der Waals surface area contributed by atoms with E-state index in [9.17, 15) is 22.8 Å². The van der Waals surface area contributed by atoms with Gasteiger partial charge in [0.25, 0.3) is 0 Å². The minimum atomic E-state index is -4.49. The summed E-state index contributed by atoms with van der Waals surface area (Å²) in [6, 6.07) is 8.53. The van der Waals surface area contributed by atoms with Crippen LogP contribution >= 0.6 is 0 Å². The lowest BCUT2D eigenvalue weighted by atomic mass is 9.72. The average Bonchev–Trinajstić information content (AvgIpc) is 2.83. The fourth-order valence-corrected chi connectivity index (χ4v) is 5.19. The molecule has 196 valence electrons. The molecule has 10 heteroatoms. The van der Waals surface area contributed by atoms with Crippen LogP contribution in [0.2, 0.25) is 0 Å². The number of rotatable bonds is 5. The molecule has 5 rings (SSSR count). The Morgan fingerprint density at radius 3 is 2.68 bits per heavy atom. The molecule has 0 atom stereocenters. The maximum Gasteiger partial charge on any atom is 0.416 e. The van der Waals surface area contributed by atoms with E-state index in [4.69, 9.17) is 9.84 Å². The van der Waals surface area contributed by atoms with E-state index in [1.54, 1.807) is 24.1 Å². The molecular formula is C27H28F3N3O4. The van der Waals surface area contributed by atoms with Crippen molar-refractivity contribution in [3.05, 3.63) is 59.2 Å². The maximum atomic E-state index is 13.3. The fourth-order valence-electron chi connectivity index (χ4n) is 5.19. The molecule has 2 aliphatic heterocycles. The molecule has 2 aromatic rings. The first-order valence-corrected chi connectivity index (χ1v) is 12.3. The summed E-state index contributed by atoms with van der Waals surface area (Å²) in [6.45, 7) is 0.861. The van der Waals surface area contributed by atoms with Gasteiger partial charge < -0.3 is 20.1 Å². The molecule has 1 aliphatic carbocycles. The Balaban J connectivity index is 1.38. The number of hydrogen-bond acceptors (Lipinski definition) is 4. The third-order valence-electron chi connectivity index (χ3n) is 7.28. The summed E-state index contributed by atoms with van der Waals surface area (Å²) in [5, 5.41) is 11.9. The molecule has 2 heterocycles. The molecule has 37 heavy (non-hydrogen) atoms. The lowest BCUT2D eigenvalue weighted by Crippen LogP contribution is -2.45. The van der Waals surface area contributed by atoms with E-state index in [-0.39, 0.29) is 18.4 Å². The van der Waals surface area contributed by atoms with Crippen LogP contribution in [0.3, 0.4) is 0 Å². The van der Waals surface area contributed by atoms with Crippen LogP contribution in [-0.4, -0.2) is 47.7 Å². The Hall–Kier alpha value is -3.53. The molecule has 1 spiro atoms. The number of aliphatic hydroxyl groups is 1. The van der Waals surface area contributed by atoms with Gasteiger partial charge in [-0.1, -0.05) is 12.1 Å². The first-order chi connectivity index (χ1) is 17.6. The van der Waals surface area contributed by atoms with Crippen molar-refractivity contribution in [2.24, 2.45) is 0 Å². The van der Waals surface area contributed by atoms with Gasteiger partial charge in [-0.15, -0.1) is 0 Å². The van der Waals surface area contributed by atoms with Crippen LogP contribution in [0, 0.1) is 0 Å². The highest BCUT2D eigenvalue weighted by Gasteiger charge is 2.44. The van der Waals surface area contributed by atoms with Gasteiger partial charge in [-0.3, -0.25) is 9.69 Å². The predicted molar refractivity (Wildman–Crippen MR) is 132 cm³/mol. The summed E-state index contributed by atoms with van der Waals surface area (Å²) < 4.78 is 45.8. The largest absolute Gasteiger partial charge is 0.486 e. The van der Waals surface area contributed by atoms with Crippen LogP contribution in [0.5, 0.6) is 5.75 Å². The molecule has 0 saturated heterocycles. The number of halogens is 3. The minimum absolute atomic E-state index is 0.00202. The molecule has 7 nitrogen and oxygen atoms in total. The standard InChI is InChI=1S/C27H28F3N3O4/c1-32-22-14-20(6-4-17(22)16-33(25(32)36)10-3-11-34)31-24(35)12-18-15-26(8-2-9-26)37-23-13-19(27(28,29)30)5-7-21(18)23/h4-7,12-14,34H,2-3,8-11,15-16H2,1H3,(H,31,35)/b18-12+. The van der Waals surface area contributed by atoms with Gasteiger partial charge in [-0.05, 0) is 61.1 Å². The number of benzene rings is 2. The lowest BCUT2D eigenvalue weighted by molar-refractivity contribution is -0.138. The lowest BCUT2D eigenvalue weighted by Gasteiger charge is -2.46. The molecule has 0 unspecified atom stereocenters. The number of alkyl halides is 3. The van der Waals surface area contributed by atoms with E-state index in [1.165, 1.54) is 17.0 Å². The Morgan fingerprint density at radius 2 is 2.00 bits per heavy atom. The highest BCUT2D eigenvalue weighted by atomic mass is 19.4. The Labute approximate surface area is 212 Å². The Kier molecular flexibility index (Phi) is 6.39. The van der Waals surface area contributed by atoms with E-state index in [0.29, 0.717) is 48.4 Å². The summed E-state index contributed by atoms with van der Waals surface area (Å²) in [5.41, 5.74) is 1.87. The van der Waals surface area contributed by atoms with Gasteiger partial charge in [0.15, 0.2) is 0 Å². The second-order valence-electron chi connectivity index (χ2n) is 9.87. The number of hydrogen-bond donors (Lipinski definition) is 2. The van der Waals surface area contributed by atoms with Gasteiger partial charge in [-0.2, -0.15) is 13.2 Å². The van der Waals surface area contributed by atoms with Crippen LogP contribution < -0.4 is 15.0 Å².